The topological polar surface area (TPSA) is 117 Å². The highest BCUT2D eigenvalue weighted by Crippen LogP contribution is 2.32. The van der Waals surface area contributed by atoms with Gasteiger partial charge in [-0.25, -0.2) is 4.79 Å². The Hall–Kier alpha value is -3.75. The average Bonchev–Trinajstić information content (AvgIpc) is 3.21. The Balaban J connectivity index is 1.38. The highest BCUT2D eigenvalue weighted by molar-refractivity contribution is 6.10. The summed E-state index contributed by atoms with van der Waals surface area (Å²) in [5.74, 6) is -0.402. The van der Waals surface area contributed by atoms with E-state index in [0.717, 1.165) is 22.0 Å². The predicted molar refractivity (Wildman–Crippen MR) is 128 cm³/mol. The van der Waals surface area contributed by atoms with Gasteiger partial charge >= 0.3 is 6.09 Å². The van der Waals surface area contributed by atoms with E-state index >= 15 is 0 Å². The zero-order valence-electron chi connectivity index (χ0n) is 19.6. The van der Waals surface area contributed by atoms with Crippen LogP contribution in [0.1, 0.15) is 40.0 Å². The van der Waals surface area contributed by atoms with Crippen molar-refractivity contribution in [3.05, 3.63) is 42.7 Å². The summed E-state index contributed by atoms with van der Waals surface area (Å²) in [5, 5.41) is 10.8. The number of anilines is 1. The summed E-state index contributed by atoms with van der Waals surface area (Å²) in [6.07, 6.45) is 3.85. The van der Waals surface area contributed by atoms with Crippen LogP contribution in [0.25, 0.3) is 22.0 Å². The zero-order chi connectivity index (χ0) is 24.3. The van der Waals surface area contributed by atoms with Crippen LogP contribution in [-0.4, -0.2) is 56.6 Å². The summed E-state index contributed by atoms with van der Waals surface area (Å²) in [5.41, 5.74) is 2.08. The quantitative estimate of drug-likeness (QED) is 0.549. The molecule has 1 fully saturated rings. The minimum Gasteiger partial charge on any atom is -0.444 e. The van der Waals surface area contributed by atoms with E-state index in [-0.39, 0.29) is 24.2 Å². The average molecular weight is 464 g/mol. The number of rotatable bonds is 5. The number of aromatic amines is 1. The first kappa shape index (κ1) is 23.4. The number of nitrogens with one attached hydrogen (secondary N) is 2. The van der Waals surface area contributed by atoms with Crippen LogP contribution in [0.4, 0.5) is 10.6 Å². The van der Waals surface area contributed by atoms with Crippen molar-refractivity contribution in [2.24, 2.45) is 5.92 Å². The van der Waals surface area contributed by atoms with Crippen LogP contribution in [0.15, 0.2) is 42.7 Å². The second-order valence-corrected chi connectivity index (χ2v) is 9.47. The SMILES string of the molecule is CC(C)(C)OC(=O)N1CCC(C(=O)CC(=O)Nc2n[nH]c3cccc(-c4ccncc4)c23)CC1. The molecule has 4 rings (SSSR count). The molecule has 3 aromatic rings. The standard InChI is InChI=1S/C25H29N5O4/c1-25(2,3)34-24(33)30-13-9-17(10-14-30)20(31)15-21(32)27-23-22-18(16-7-11-26-12-8-16)5-4-6-19(22)28-29-23/h4-8,11-12,17H,9-10,13-15H2,1-3H3,(H2,27,28,29,32). The monoisotopic (exact) mass is 463 g/mol. The number of Topliss-reactive ketones (excluding diaryl/α,β-unsaturated/α-hetero) is 1. The molecule has 2 N–H and O–H groups in total. The van der Waals surface area contributed by atoms with E-state index in [1.165, 1.54) is 0 Å². The van der Waals surface area contributed by atoms with Gasteiger partial charge in [-0.05, 0) is 62.9 Å². The summed E-state index contributed by atoms with van der Waals surface area (Å²) in [6.45, 7) is 6.34. The van der Waals surface area contributed by atoms with Crippen molar-refractivity contribution < 1.29 is 19.1 Å². The van der Waals surface area contributed by atoms with Crippen molar-refractivity contribution in [2.45, 2.75) is 45.6 Å². The van der Waals surface area contributed by atoms with E-state index in [0.29, 0.717) is 31.7 Å². The van der Waals surface area contributed by atoms with Crippen LogP contribution in [0.5, 0.6) is 0 Å². The van der Waals surface area contributed by atoms with Crippen molar-refractivity contribution in [3.8, 4) is 11.1 Å². The van der Waals surface area contributed by atoms with Gasteiger partial charge in [0.05, 0.1) is 17.3 Å². The van der Waals surface area contributed by atoms with Crippen LogP contribution in [0.3, 0.4) is 0 Å². The molecule has 3 heterocycles. The number of fused-ring (bicyclic) bond motifs is 1. The number of ketones is 1. The Kier molecular flexibility index (Phi) is 6.63. The molecule has 1 saturated heterocycles. The van der Waals surface area contributed by atoms with Gasteiger partial charge in [-0.3, -0.25) is 19.7 Å². The van der Waals surface area contributed by atoms with Crippen molar-refractivity contribution in [3.63, 3.8) is 0 Å². The zero-order valence-corrected chi connectivity index (χ0v) is 19.6. The molecule has 1 aromatic carbocycles. The molecule has 0 atom stereocenters. The third kappa shape index (κ3) is 5.41. The van der Waals surface area contributed by atoms with E-state index < -0.39 is 11.5 Å². The van der Waals surface area contributed by atoms with Crippen molar-refractivity contribution in [2.75, 3.05) is 18.4 Å². The number of benzene rings is 1. The maximum Gasteiger partial charge on any atom is 0.410 e. The van der Waals surface area contributed by atoms with Crippen molar-refractivity contribution in [1.82, 2.24) is 20.1 Å². The molecule has 34 heavy (non-hydrogen) atoms. The highest BCUT2D eigenvalue weighted by Gasteiger charge is 2.30. The number of aromatic nitrogens is 3. The fraction of sp³-hybridized carbons (Fsp3) is 0.400. The lowest BCUT2D eigenvalue weighted by Crippen LogP contribution is -2.43. The number of pyridine rings is 1. The Bertz CT molecular complexity index is 1190. The predicted octanol–water partition coefficient (Wildman–Crippen LogP) is 4.17. The molecule has 0 spiro atoms. The van der Waals surface area contributed by atoms with Gasteiger partial charge in [-0.15, -0.1) is 0 Å². The normalized spacial score (nSPS) is 14.7. The summed E-state index contributed by atoms with van der Waals surface area (Å²) in [7, 11) is 0. The first-order valence-electron chi connectivity index (χ1n) is 11.4. The summed E-state index contributed by atoms with van der Waals surface area (Å²) < 4.78 is 5.40. The molecular formula is C25H29N5O4. The second-order valence-electron chi connectivity index (χ2n) is 9.47. The number of nitrogens with zero attached hydrogens (tertiary/aromatic N) is 3. The van der Waals surface area contributed by atoms with Crippen molar-refractivity contribution >= 4 is 34.5 Å². The maximum atomic E-state index is 12.8. The lowest BCUT2D eigenvalue weighted by molar-refractivity contribution is -0.129. The van der Waals surface area contributed by atoms with Gasteiger partial charge in [0, 0.05) is 31.4 Å². The molecule has 9 nitrogen and oxygen atoms in total. The third-order valence-corrected chi connectivity index (χ3v) is 5.78. The molecule has 1 aliphatic heterocycles. The van der Waals surface area contributed by atoms with Gasteiger partial charge in [0.15, 0.2) is 5.82 Å². The lowest BCUT2D eigenvalue weighted by Gasteiger charge is -2.32. The Labute approximate surface area is 197 Å². The number of carbonyl (C=O) groups excluding carboxylic acids is 3. The lowest BCUT2D eigenvalue weighted by atomic mass is 9.91. The molecule has 2 amide bonds. The smallest absolute Gasteiger partial charge is 0.410 e. The highest BCUT2D eigenvalue weighted by atomic mass is 16.6. The third-order valence-electron chi connectivity index (χ3n) is 5.78. The summed E-state index contributed by atoms with van der Waals surface area (Å²) in [6, 6.07) is 9.52. The molecular weight excluding hydrogens is 434 g/mol. The largest absolute Gasteiger partial charge is 0.444 e. The number of piperidine rings is 1. The number of ether oxygens (including phenoxy) is 1. The van der Waals surface area contributed by atoms with Gasteiger partial charge in [0.25, 0.3) is 0 Å². The Morgan fingerprint density at radius 2 is 1.82 bits per heavy atom. The number of amides is 2. The van der Waals surface area contributed by atoms with Gasteiger partial charge < -0.3 is 15.0 Å². The molecule has 0 aliphatic carbocycles. The fourth-order valence-electron chi connectivity index (χ4n) is 4.12. The molecule has 0 bridgehead atoms. The van der Waals surface area contributed by atoms with Gasteiger partial charge in [-0.2, -0.15) is 5.10 Å². The number of likely N-dealkylation sites (tertiary alicyclic amines) is 1. The van der Waals surface area contributed by atoms with Crippen LogP contribution < -0.4 is 5.32 Å². The Morgan fingerprint density at radius 3 is 2.50 bits per heavy atom. The van der Waals surface area contributed by atoms with Crippen molar-refractivity contribution in [1.29, 1.82) is 0 Å². The molecule has 9 heteroatoms. The number of H-pyrrole nitrogens is 1. The van der Waals surface area contributed by atoms with E-state index in [1.807, 2.05) is 51.1 Å². The van der Waals surface area contributed by atoms with Crippen LogP contribution in [0.2, 0.25) is 0 Å². The first-order valence-corrected chi connectivity index (χ1v) is 11.4. The van der Waals surface area contributed by atoms with Gasteiger partial charge in [-0.1, -0.05) is 12.1 Å². The minimum atomic E-state index is -0.560. The van der Waals surface area contributed by atoms with Crippen LogP contribution in [0, 0.1) is 5.92 Å². The number of hydrogen-bond donors (Lipinski definition) is 2. The minimum absolute atomic E-state index is 0.129. The van der Waals surface area contributed by atoms with E-state index in [2.05, 4.69) is 20.5 Å². The molecule has 1 aliphatic rings. The van der Waals surface area contributed by atoms with E-state index in [4.69, 9.17) is 4.74 Å². The second kappa shape index (κ2) is 9.62. The summed E-state index contributed by atoms with van der Waals surface area (Å²) in [4.78, 5) is 43.4. The molecule has 178 valence electrons. The van der Waals surface area contributed by atoms with Crippen LogP contribution >= 0.6 is 0 Å². The van der Waals surface area contributed by atoms with Gasteiger partial charge in [0.1, 0.15) is 11.4 Å². The molecule has 2 aromatic heterocycles. The Morgan fingerprint density at radius 1 is 1.12 bits per heavy atom. The first-order chi connectivity index (χ1) is 16.2. The summed E-state index contributed by atoms with van der Waals surface area (Å²) >= 11 is 0. The number of hydrogen-bond acceptors (Lipinski definition) is 6. The molecule has 0 radical (unpaired) electrons. The molecule has 0 unspecified atom stereocenters. The maximum absolute atomic E-state index is 12.8. The van der Waals surface area contributed by atoms with Crippen LogP contribution in [-0.2, 0) is 14.3 Å². The van der Waals surface area contributed by atoms with Gasteiger partial charge in [0.2, 0.25) is 5.91 Å². The molecule has 0 saturated carbocycles. The number of carbonyl (C=O) groups is 3. The van der Waals surface area contributed by atoms with E-state index in [1.54, 1.807) is 17.3 Å². The fourth-order valence-corrected chi connectivity index (χ4v) is 4.12. The van der Waals surface area contributed by atoms with E-state index in [9.17, 15) is 14.4 Å².